The fraction of sp³-hybridized carbons (Fsp3) is 0.571. The van der Waals surface area contributed by atoms with Crippen molar-refractivity contribution in [2.24, 2.45) is 5.73 Å². The zero-order chi connectivity index (χ0) is 14.7. The van der Waals surface area contributed by atoms with Crippen LogP contribution in [0.25, 0.3) is 0 Å². The lowest BCUT2D eigenvalue weighted by atomic mass is 9.99. The second-order valence-corrected chi connectivity index (χ2v) is 5.02. The van der Waals surface area contributed by atoms with E-state index in [1.807, 2.05) is 11.8 Å². The van der Waals surface area contributed by atoms with Gasteiger partial charge in [-0.25, -0.2) is 4.79 Å². The highest BCUT2D eigenvalue weighted by atomic mass is 16.5. The molecule has 2 rings (SSSR count). The molecular weight excluding hydrogens is 260 g/mol. The number of methoxy groups -OCH3 is 1. The molecule has 1 aromatic heterocycles. The summed E-state index contributed by atoms with van der Waals surface area (Å²) < 4.78 is 10.1. The summed E-state index contributed by atoms with van der Waals surface area (Å²) in [5, 5.41) is 0. The zero-order valence-corrected chi connectivity index (χ0v) is 11.8. The number of carbonyl (C=O) groups excluding carboxylic acids is 2. The summed E-state index contributed by atoms with van der Waals surface area (Å²) in [5.74, 6) is -0.00891. The average molecular weight is 280 g/mol. The molecule has 1 aliphatic rings. The maximum absolute atomic E-state index is 11.5. The van der Waals surface area contributed by atoms with Gasteiger partial charge in [-0.2, -0.15) is 0 Å². The lowest BCUT2D eigenvalue weighted by Gasteiger charge is -2.37. The van der Waals surface area contributed by atoms with Crippen molar-refractivity contribution in [1.82, 2.24) is 4.90 Å². The molecule has 110 valence electrons. The zero-order valence-electron chi connectivity index (χ0n) is 11.8. The van der Waals surface area contributed by atoms with E-state index in [2.05, 4.69) is 4.74 Å². The number of primary amides is 1. The molecule has 1 amide bonds. The van der Waals surface area contributed by atoms with E-state index in [0.717, 1.165) is 25.8 Å². The first-order valence-corrected chi connectivity index (χ1v) is 6.77. The van der Waals surface area contributed by atoms with Gasteiger partial charge in [-0.1, -0.05) is 6.42 Å². The monoisotopic (exact) mass is 280 g/mol. The molecule has 2 N–H and O–H groups in total. The second kappa shape index (κ2) is 6.09. The molecule has 0 saturated carbocycles. The summed E-state index contributed by atoms with van der Waals surface area (Å²) in [6, 6.07) is 2.95. The highest BCUT2D eigenvalue weighted by Gasteiger charge is 2.32. The summed E-state index contributed by atoms with van der Waals surface area (Å²) in [4.78, 5) is 25.0. The Labute approximate surface area is 117 Å². The Morgan fingerprint density at radius 3 is 2.85 bits per heavy atom. The minimum Gasteiger partial charge on any atom is -0.463 e. The van der Waals surface area contributed by atoms with Crippen LogP contribution >= 0.6 is 0 Å². The maximum atomic E-state index is 11.5. The van der Waals surface area contributed by atoms with E-state index in [1.165, 1.54) is 7.11 Å². The predicted molar refractivity (Wildman–Crippen MR) is 72.0 cm³/mol. The van der Waals surface area contributed by atoms with Gasteiger partial charge in [-0.3, -0.25) is 9.69 Å². The van der Waals surface area contributed by atoms with Crippen molar-refractivity contribution in [3.05, 3.63) is 23.7 Å². The number of rotatable bonds is 4. The Morgan fingerprint density at radius 1 is 1.45 bits per heavy atom. The van der Waals surface area contributed by atoms with Crippen LogP contribution in [0.4, 0.5) is 0 Å². The molecule has 0 bridgehead atoms. The number of carbonyl (C=O) groups is 2. The molecule has 1 aromatic rings. The third-order valence-corrected chi connectivity index (χ3v) is 3.80. The standard InChI is InChI=1S/C14H20N2O4/c1-9(11-6-7-12(20-11)14(18)19-2)16-8-4-3-5-10(16)13(15)17/h6-7,9-10H,3-5,8H2,1-2H3,(H2,15,17). The van der Waals surface area contributed by atoms with Gasteiger partial charge in [0.1, 0.15) is 5.76 Å². The first-order valence-electron chi connectivity index (χ1n) is 6.77. The normalized spacial score (nSPS) is 21.4. The van der Waals surface area contributed by atoms with E-state index < -0.39 is 5.97 Å². The van der Waals surface area contributed by atoms with Gasteiger partial charge in [0.15, 0.2) is 0 Å². The smallest absolute Gasteiger partial charge is 0.373 e. The molecule has 6 heteroatoms. The summed E-state index contributed by atoms with van der Waals surface area (Å²) >= 11 is 0. The SMILES string of the molecule is COC(=O)c1ccc(C(C)N2CCCCC2C(N)=O)o1. The first-order chi connectivity index (χ1) is 9.54. The highest BCUT2D eigenvalue weighted by molar-refractivity contribution is 5.86. The minimum atomic E-state index is -0.506. The maximum Gasteiger partial charge on any atom is 0.373 e. The number of nitrogens with zero attached hydrogens (tertiary/aromatic N) is 1. The van der Waals surface area contributed by atoms with E-state index >= 15 is 0 Å². The van der Waals surface area contributed by atoms with E-state index in [9.17, 15) is 9.59 Å². The number of likely N-dealkylation sites (tertiary alicyclic amines) is 1. The van der Waals surface area contributed by atoms with Gasteiger partial charge < -0.3 is 14.9 Å². The number of esters is 1. The Hall–Kier alpha value is -1.82. The largest absolute Gasteiger partial charge is 0.463 e. The van der Waals surface area contributed by atoms with Crippen molar-refractivity contribution in [1.29, 1.82) is 0 Å². The number of piperidine rings is 1. The fourth-order valence-electron chi connectivity index (χ4n) is 2.67. The molecule has 2 unspecified atom stereocenters. The van der Waals surface area contributed by atoms with Crippen LogP contribution in [0.2, 0.25) is 0 Å². The molecule has 0 radical (unpaired) electrons. The molecule has 1 fully saturated rings. The number of hydrogen-bond acceptors (Lipinski definition) is 5. The number of amides is 1. The third-order valence-electron chi connectivity index (χ3n) is 3.80. The molecule has 2 atom stereocenters. The molecular formula is C14H20N2O4. The Kier molecular flexibility index (Phi) is 4.44. The number of ether oxygens (including phenoxy) is 1. The Balaban J connectivity index is 2.16. The van der Waals surface area contributed by atoms with Gasteiger partial charge in [0.05, 0.1) is 19.2 Å². The number of hydrogen-bond donors (Lipinski definition) is 1. The van der Waals surface area contributed by atoms with Gasteiger partial charge in [-0.15, -0.1) is 0 Å². The van der Waals surface area contributed by atoms with Crippen molar-refractivity contribution < 1.29 is 18.7 Å². The molecule has 20 heavy (non-hydrogen) atoms. The van der Waals surface area contributed by atoms with Crippen LogP contribution in [0.5, 0.6) is 0 Å². The quantitative estimate of drug-likeness (QED) is 0.844. The molecule has 1 aliphatic heterocycles. The van der Waals surface area contributed by atoms with Crippen molar-refractivity contribution in [3.63, 3.8) is 0 Å². The van der Waals surface area contributed by atoms with Gasteiger partial charge in [0.25, 0.3) is 0 Å². The molecule has 0 aliphatic carbocycles. The third kappa shape index (κ3) is 2.85. The van der Waals surface area contributed by atoms with Crippen LogP contribution in [-0.4, -0.2) is 36.5 Å². The Morgan fingerprint density at radius 2 is 2.20 bits per heavy atom. The summed E-state index contributed by atoms with van der Waals surface area (Å²) in [6.45, 7) is 2.74. The lowest BCUT2D eigenvalue weighted by molar-refractivity contribution is -0.125. The van der Waals surface area contributed by atoms with Crippen molar-refractivity contribution in [2.45, 2.75) is 38.3 Å². The lowest BCUT2D eigenvalue weighted by Crippen LogP contribution is -2.48. The van der Waals surface area contributed by atoms with Gasteiger partial charge in [-0.05, 0) is 38.4 Å². The van der Waals surface area contributed by atoms with Crippen LogP contribution in [0.15, 0.2) is 16.5 Å². The topological polar surface area (TPSA) is 85.8 Å². The Bertz CT molecular complexity index is 497. The first kappa shape index (κ1) is 14.6. The van der Waals surface area contributed by atoms with Crippen LogP contribution in [0, 0.1) is 0 Å². The van der Waals surface area contributed by atoms with E-state index in [-0.39, 0.29) is 23.8 Å². The van der Waals surface area contributed by atoms with Crippen molar-refractivity contribution >= 4 is 11.9 Å². The second-order valence-electron chi connectivity index (χ2n) is 5.02. The molecule has 0 spiro atoms. The van der Waals surface area contributed by atoms with E-state index in [0.29, 0.717) is 5.76 Å². The minimum absolute atomic E-state index is 0.105. The van der Waals surface area contributed by atoms with Crippen LogP contribution in [0.3, 0.4) is 0 Å². The van der Waals surface area contributed by atoms with Crippen LogP contribution < -0.4 is 5.73 Å². The summed E-state index contributed by atoms with van der Waals surface area (Å²) in [6.07, 6.45) is 2.80. The molecule has 6 nitrogen and oxygen atoms in total. The fourth-order valence-corrected chi connectivity index (χ4v) is 2.67. The van der Waals surface area contributed by atoms with Crippen LogP contribution in [0.1, 0.15) is 48.5 Å². The number of furan rings is 1. The molecule has 2 heterocycles. The van der Waals surface area contributed by atoms with Crippen molar-refractivity contribution in [2.75, 3.05) is 13.7 Å². The summed E-state index contributed by atoms with van der Waals surface area (Å²) in [7, 11) is 1.31. The van der Waals surface area contributed by atoms with Crippen molar-refractivity contribution in [3.8, 4) is 0 Å². The van der Waals surface area contributed by atoms with Gasteiger partial charge >= 0.3 is 5.97 Å². The van der Waals surface area contributed by atoms with E-state index in [4.69, 9.17) is 10.2 Å². The highest BCUT2D eigenvalue weighted by Crippen LogP contribution is 2.29. The molecule has 0 aromatic carbocycles. The predicted octanol–water partition coefficient (Wildman–Crippen LogP) is 1.47. The number of nitrogens with two attached hydrogens (primary N) is 1. The molecule has 1 saturated heterocycles. The average Bonchev–Trinajstić information content (AvgIpc) is 2.95. The van der Waals surface area contributed by atoms with Gasteiger partial charge in [0, 0.05) is 0 Å². The van der Waals surface area contributed by atoms with Gasteiger partial charge in [0.2, 0.25) is 11.7 Å². The van der Waals surface area contributed by atoms with Crippen LogP contribution in [-0.2, 0) is 9.53 Å². The summed E-state index contributed by atoms with van der Waals surface area (Å²) in [5.41, 5.74) is 5.46. The van der Waals surface area contributed by atoms with E-state index in [1.54, 1.807) is 12.1 Å².